The number of nitrogens with zero attached hydrogens (tertiary/aromatic N) is 1. The van der Waals surface area contributed by atoms with Gasteiger partial charge in [-0.3, -0.25) is 0 Å². The van der Waals surface area contributed by atoms with E-state index in [1.54, 1.807) is 0 Å². The molecule has 0 unspecified atom stereocenters. The second kappa shape index (κ2) is 15.7. The number of hydrogen-bond donors (Lipinski definition) is 2. The maximum Gasteiger partial charge on any atom is 0.130 e. The second-order valence-corrected chi connectivity index (χ2v) is 1.80. The van der Waals surface area contributed by atoms with Gasteiger partial charge in [-0.25, -0.2) is 0 Å². The number of nitrogens with two attached hydrogens (primary N) is 1. The quantitative estimate of drug-likeness (QED) is 0.360. The number of hydrogen-bond acceptors (Lipinski definition) is 3. The van der Waals surface area contributed by atoms with Gasteiger partial charge in [0.2, 0.25) is 0 Å². The molecule has 0 spiro atoms. The van der Waals surface area contributed by atoms with Crippen molar-refractivity contribution in [3.05, 3.63) is 0 Å². The minimum Gasteiger partial charge on any atom is -0.330 e. The van der Waals surface area contributed by atoms with E-state index >= 15 is 0 Å². The van der Waals surface area contributed by atoms with E-state index in [2.05, 4.69) is 19.6 Å². The van der Waals surface area contributed by atoms with E-state index in [1.807, 2.05) is 0 Å². The fraction of sp³-hybridized carbons (Fsp3) is 0.833. The fourth-order valence-corrected chi connectivity index (χ4v) is 0.394. The maximum absolute atomic E-state index is 7.18. The number of thiocyanates is 1. The van der Waals surface area contributed by atoms with Gasteiger partial charge < -0.3 is 5.73 Å². The van der Waals surface area contributed by atoms with Crippen LogP contribution in [0.4, 0.5) is 0 Å². The standard InChI is InChI=1S/C5H13N.CHNS/c1-2-3-4-5-6;2-1-3/h2-6H2,1H3;3H. The minimum atomic E-state index is 0.855. The number of unbranched alkanes of at least 4 members (excludes halogenated alkanes) is 2. The Morgan fingerprint density at radius 2 is 2.00 bits per heavy atom. The average molecular weight is 146 g/mol. The number of rotatable bonds is 3. The lowest BCUT2D eigenvalue weighted by Crippen LogP contribution is -1.96. The third-order valence-corrected chi connectivity index (χ3v) is 0.808. The third-order valence-electron chi connectivity index (χ3n) is 0.808. The van der Waals surface area contributed by atoms with E-state index in [9.17, 15) is 0 Å². The molecule has 0 aromatic rings. The molecule has 0 rings (SSSR count). The molecule has 2 nitrogen and oxygen atoms in total. The van der Waals surface area contributed by atoms with Crippen LogP contribution in [0.2, 0.25) is 0 Å². The van der Waals surface area contributed by atoms with E-state index in [4.69, 9.17) is 11.0 Å². The molecule has 0 saturated carbocycles. The van der Waals surface area contributed by atoms with Crippen LogP contribution in [0.5, 0.6) is 0 Å². The molecule has 0 heterocycles. The van der Waals surface area contributed by atoms with Crippen LogP contribution >= 0.6 is 12.6 Å². The molecule has 0 fully saturated rings. The normalized spacial score (nSPS) is 6.89. The first-order valence-corrected chi connectivity index (χ1v) is 3.51. The summed E-state index contributed by atoms with van der Waals surface area (Å²) in [6, 6.07) is 0. The molecule has 0 aromatic heterocycles. The van der Waals surface area contributed by atoms with Crippen LogP contribution in [0, 0.1) is 10.7 Å². The first-order valence-electron chi connectivity index (χ1n) is 3.06. The summed E-state index contributed by atoms with van der Waals surface area (Å²) in [4.78, 5) is 0. The Bertz CT molecular complexity index is 63.9. The molecule has 0 aliphatic carbocycles. The van der Waals surface area contributed by atoms with Crippen LogP contribution in [0.3, 0.4) is 0 Å². The van der Waals surface area contributed by atoms with Crippen LogP contribution in [0.25, 0.3) is 0 Å². The summed E-state index contributed by atoms with van der Waals surface area (Å²) in [5.74, 6) is 0. The van der Waals surface area contributed by atoms with Crippen LogP contribution in [-0.4, -0.2) is 6.54 Å². The van der Waals surface area contributed by atoms with Crippen molar-refractivity contribution in [1.29, 1.82) is 5.26 Å². The summed E-state index contributed by atoms with van der Waals surface area (Å²) in [6.07, 6.45) is 3.75. The lowest BCUT2D eigenvalue weighted by Gasteiger charge is -1.86. The van der Waals surface area contributed by atoms with Gasteiger partial charge in [0.25, 0.3) is 0 Å². The van der Waals surface area contributed by atoms with Gasteiger partial charge >= 0.3 is 0 Å². The second-order valence-electron chi connectivity index (χ2n) is 1.60. The van der Waals surface area contributed by atoms with Crippen molar-refractivity contribution in [2.24, 2.45) is 5.73 Å². The molecule has 54 valence electrons. The van der Waals surface area contributed by atoms with Gasteiger partial charge in [0.15, 0.2) is 0 Å². The van der Waals surface area contributed by atoms with Crippen molar-refractivity contribution in [3.8, 4) is 5.40 Å². The van der Waals surface area contributed by atoms with Gasteiger partial charge in [-0.05, 0) is 13.0 Å². The van der Waals surface area contributed by atoms with Crippen molar-refractivity contribution in [2.45, 2.75) is 26.2 Å². The summed E-state index contributed by atoms with van der Waals surface area (Å²) >= 11 is 3.09. The van der Waals surface area contributed by atoms with Crippen molar-refractivity contribution in [3.63, 3.8) is 0 Å². The van der Waals surface area contributed by atoms with Crippen LogP contribution in [0.1, 0.15) is 26.2 Å². The molecule has 3 heteroatoms. The first-order chi connectivity index (χ1) is 4.33. The first kappa shape index (κ1) is 11.6. The van der Waals surface area contributed by atoms with Crippen LogP contribution in [0.15, 0.2) is 0 Å². The molecule has 0 aliphatic heterocycles. The van der Waals surface area contributed by atoms with Gasteiger partial charge in [-0.15, -0.1) is 0 Å². The SMILES string of the molecule is CCCCCN.N#CS. The van der Waals surface area contributed by atoms with Crippen LogP contribution in [-0.2, 0) is 0 Å². The molecule has 0 bridgehead atoms. The zero-order chi connectivity index (χ0) is 7.54. The largest absolute Gasteiger partial charge is 0.330 e. The Labute approximate surface area is 62.5 Å². The lowest BCUT2D eigenvalue weighted by molar-refractivity contribution is 0.727. The molecule has 0 saturated heterocycles. The lowest BCUT2D eigenvalue weighted by atomic mass is 10.3. The Kier molecular flexibility index (Phi) is 20.1. The van der Waals surface area contributed by atoms with Gasteiger partial charge in [0.1, 0.15) is 5.40 Å². The monoisotopic (exact) mass is 146 g/mol. The Hall–Kier alpha value is -0.200. The van der Waals surface area contributed by atoms with Crippen LogP contribution < -0.4 is 5.73 Å². The smallest absolute Gasteiger partial charge is 0.130 e. The van der Waals surface area contributed by atoms with Gasteiger partial charge in [-0.2, -0.15) is 5.26 Å². The predicted octanol–water partition coefficient (Wildman–Crippen LogP) is 1.53. The topological polar surface area (TPSA) is 49.8 Å². The molecule has 9 heavy (non-hydrogen) atoms. The maximum atomic E-state index is 7.18. The molecule has 0 radical (unpaired) electrons. The molecule has 0 atom stereocenters. The number of thiol groups is 1. The Balaban J connectivity index is 0. The Morgan fingerprint density at radius 3 is 2.11 bits per heavy atom. The summed E-state index contributed by atoms with van der Waals surface area (Å²) in [7, 11) is 0. The van der Waals surface area contributed by atoms with E-state index in [1.165, 1.54) is 24.7 Å². The summed E-state index contributed by atoms with van der Waals surface area (Å²) in [5.41, 5.74) is 5.21. The zero-order valence-corrected chi connectivity index (χ0v) is 6.69. The van der Waals surface area contributed by atoms with Gasteiger partial charge in [0, 0.05) is 0 Å². The van der Waals surface area contributed by atoms with E-state index < -0.39 is 0 Å². The number of nitriles is 1. The minimum absolute atomic E-state index is 0.855. The van der Waals surface area contributed by atoms with E-state index in [0.717, 1.165) is 6.54 Å². The summed E-state index contributed by atoms with van der Waals surface area (Å²) < 4.78 is 0. The highest BCUT2D eigenvalue weighted by atomic mass is 32.1. The molecular formula is C6H14N2S. The Morgan fingerprint density at radius 1 is 1.56 bits per heavy atom. The van der Waals surface area contributed by atoms with Crippen molar-refractivity contribution >= 4 is 12.6 Å². The van der Waals surface area contributed by atoms with Crippen molar-refractivity contribution < 1.29 is 0 Å². The zero-order valence-electron chi connectivity index (χ0n) is 5.80. The molecule has 0 amide bonds. The predicted molar refractivity (Wildman–Crippen MR) is 43.2 cm³/mol. The summed E-state index contributed by atoms with van der Waals surface area (Å²) in [6.45, 7) is 3.03. The molecule has 0 aromatic carbocycles. The van der Waals surface area contributed by atoms with E-state index in [-0.39, 0.29) is 0 Å². The van der Waals surface area contributed by atoms with E-state index in [0.29, 0.717) is 0 Å². The van der Waals surface area contributed by atoms with Crippen molar-refractivity contribution in [1.82, 2.24) is 0 Å². The van der Waals surface area contributed by atoms with Gasteiger partial charge in [0.05, 0.1) is 0 Å². The average Bonchev–Trinajstić information content (AvgIpc) is 1.86. The highest BCUT2D eigenvalue weighted by molar-refractivity contribution is 7.85. The van der Waals surface area contributed by atoms with Gasteiger partial charge in [-0.1, -0.05) is 32.4 Å². The molecule has 2 N–H and O–H groups in total. The van der Waals surface area contributed by atoms with Crippen molar-refractivity contribution in [2.75, 3.05) is 6.54 Å². The summed E-state index contributed by atoms with van der Waals surface area (Å²) in [5, 5.41) is 8.63. The molecular weight excluding hydrogens is 132 g/mol. The fourth-order valence-electron chi connectivity index (χ4n) is 0.394. The molecule has 0 aliphatic rings. The third kappa shape index (κ3) is 33.5. The highest BCUT2D eigenvalue weighted by Gasteiger charge is 1.75. The highest BCUT2D eigenvalue weighted by Crippen LogP contribution is 1.88.